The first-order valence-electron chi connectivity index (χ1n) is 6.98. The lowest BCUT2D eigenvalue weighted by molar-refractivity contribution is -0.139. The highest BCUT2D eigenvalue weighted by Gasteiger charge is 2.28. The summed E-state index contributed by atoms with van der Waals surface area (Å²) in [6.07, 6.45) is 0.210. The van der Waals surface area contributed by atoms with Gasteiger partial charge in [0.05, 0.1) is 7.11 Å². The Morgan fingerprint density at radius 2 is 1.82 bits per heavy atom. The van der Waals surface area contributed by atoms with Gasteiger partial charge in [-0.3, -0.25) is 4.79 Å². The van der Waals surface area contributed by atoms with Gasteiger partial charge >= 0.3 is 5.97 Å². The van der Waals surface area contributed by atoms with Crippen LogP contribution in [0.2, 0.25) is 0 Å². The molecule has 0 amide bonds. The molecule has 2 N–H and O–H groups in total. The Morgan fingerprint density at radius 3 is 2.27 bits per heavy atom. The van der Waals surface area contributed by atoms with Crippen molar-refractivity contribution in [2.75, 3.05) is 7.11 Å². The molecule has 0 saturated heterocycles. The number of aryl methyl sites for hydroxylation is 2. The summed E-state index contributed by atoms with van der Waals surface area (Å²) in [6.45, 7) is 7.30. The van der Waals surface area contributed by atoms with Crippen molar-refractivity contribution in [3.63, 3.8) is 0 Å². The van der Waals surface area contributed by atoms with Gasteiger partial charge in [0.15, 0.2) is 0 Å². The molecule has 1 rings (SSSR count). The van der Waals surface area contributed by atoms with Crippen molar-refractivity contribution in [1.29, 1.82) is 0 Å². The minimum atomic E-state index is -3.99. The monoisotopic (exact) mass is 329 g/mol. The molecule has 0 aliphatic heterocycles. The number of hydrogen-bond donors (Lipinski definition) is 2. The molecular weight excluding hydrogens is 306 g/mol. The van der Waals surface area contributed by atoms with Gasteiger partial charge in [0.1, 0.15) is 16.7 Å². The Hall–Kier alpha value is -1.60. The molecule has 0 spiro atoms. The molecule has 1 unspecified atom stereocenters. The standard InChI is InChI=1S/C15H23NO5S/c1-9(2)6-12(15(17)18)16-22(19,20)14-8-11(4)10(3)7-13(14)21-5/h7-9,12,16H,6H2,1-5H3,(H,17,18). The van der Waals surface area contributed by atoms with E-state index in [1.54, 1.807) is 13.0 Å². The summed E-state index contributed by atoms with van der Waals surface area (Å²) in [5, 5.41) is 9.20. The first kappa shape index (κ1) is 18.4. The van der Waals surface area contributed by atoms with E-state index in [0.717, 1.165) is 11.1 Å². The Labute approximate surface area is 131 Å². The van der Waals surface area contributed by atoms with E-state index in [0.29, 0.717) is 0 Å². The first-order valence-corrected chi connectivity index (χ1v) is 8.47. The second-order valence-corrected chi connectivity index (χ2v) is 7.41. The van der Waals surface area contributed by atoms with Crippen molar-refractivity contribution >= 4 is 16.0 Å². The van der Waals surface area contributed by atoms with Crippen LogP contribution in [-0.2, 0) is 14.8 Å². The largest absolute Gasteiger partial charge is 0.495 e. The lowest BCUT2D eigenvalue weighted by Gasteiger charge is -2.18. The Morgan fingerprint density at radius 1 is 1.27 bits per heavy atom. The van der Waals surface area contributed by atoms with Gasteiger partial charge in [-0.15, -0.1) is 0 Å². The number of hydrogen-bond acceptors (Lipinski definition) is 4. The molecule has 1 aromatic rings. The summed E-state index contributed by atoms with van der Waals surface area (Å²) in [7, 11) is -2.61. The summed E-state index contributed by atoms with van der Waals surface area (Å²) in [5.74, 6) is -0.949. The average molecular weight is 329 g/mol. The molecule has 1 aromatic carbocycles. The SMILES string of the molecule is COc1cc(C)c(C)cc1S(=O)(=O)NC(CC(C)C)C(=O)O. The zero-order chi connectivity index (χ0) is 17.1. The van der Waals surface area contributed by atoms with E-state index in [1.165, 1.54) is 13.2 Å². The number of aliphatic carboxylic acids is 1. The van der Waals surface area contributed by atoms with Crippen LogP contribution in [0.25, 0.3) is 0 Å². The first-order chi connectivity index (χ1) is 10.1. The number of rotatable bonds is 7. The van der Waals surface area contributed by atoms with Crippen LogP contribution >= 0.6 is 0 Å². The summed E-state index contributed by atoms with van der Waals surface area (Å²) < 4.78 is 32.4. The molecule has 22 heavy (non-hydrogen) atoms. The molecule has 0 fully saturated rings. The molecule has 1 atom stereocenters. The number of carbonyl (C=O) groups is 1. The van der Waals surface area contributed by atoms with Gasteiger partial charge in [0, 0.05) is 0 Å². The topological polar surface area (TPSA) is 92.7 Å². The maximum absolute atomic E-state index is 12.5. The summed E-state index contributed by atoms with van der Waals surface area (Å²) >= 11 is 0. The van der Waals surface area contributed by atoms with Crippen molar-refractivity contribution in [3.05, 3.63) is 23.3 Å². The normalized spacial score (nSPS) is 13.2. The molecule has 0 saturated carbocycles. The van der Waals surface area contributed by atoms with Gasteiger partial charge in [-0.05, 0) is 49.4 Å². The molecule has 0 heterocycles. The number of carboxylic acids is 1. The van der Waals surface area contributed by atoms with Crippen LogP contribution in [0.5, 0.6) is 5.75 Å². The van der Waals surface area contributed by atoms with E-state index in [2.05, 4.69) is 4.72 Å². The zero-order valence-electron chi connectivity index (χ0n) is 13.5. The van der Waals surface area contributed by atoms with Gasteiger partial charge in [0.25, 0.3) is 0 Å². The Bertz CT molecular complexity index is 652. The van der Waals surface area contributed by atoms with E-state index in [1.807, 2.05) is 20.8 Å². The van der Waals surface area contributed by atoms with E-state index in [9.17, 15) is 18.3 Å². The van der Waals surface area contributed by atoms with E-state index in [4.69, 9.17) is 4.74 Å². The third-order valence-corrected chi connectivity index (χ3v) is 4.86. The molecule has 7 heteroatoms. The van der Waals surface area contributed by atoms with Crippen LogP contribution in [0, 0.1) is 19.8 Å². The van der Waals surface area contributed by atoms with Crippen LogP contribution < -0.4 is 9.46 Å². The van der Waals surface area contributed by atoms with Crippen molar-refractivity contribution < 1.29 is 23.1 Å². The summed E-state index contributed by atoms with van der Waals surface area (Å²) in [5.41, 5.74) is 1.68. The minimum Gasteiger partial charge on any atom is -0.495 e. The highest BCUT2D eigenvalue weighted by molar-refractivity contribution is 7.89. The quantitative estimate of drug-likeness (QED) is 0.799. The fourth-order valence-corrected chi connectivity index (χ4v) is 3.49. The van der Waals surface area contributed by atoms with Crippen molar-refractivity contribution in [2.45, 2.75) is 45.1 Å². The number of methoxy groups -OCH3 is 1. The van der Waals surface area contributed by atoms with Crippen LogP contribution in [0.1, 0.15) is 31.4 Å². The lowest BCUT2D eigenvalue weighted by atomic mass is 10.1. The maximum Gasteiger partial charge on any atom is 0.321 e. The number of nitrogens with one attached hydrogen (secondary N) is 1. The van der Waals surface area contributed by atoms with Crippen LogP contribution in [-0.4, -0.2) is 32.6 Å². The molecule has 0 aliphatic carbocycles. The van der Waals surface area contributed by atoms with Gasteiger partial charge in [-0.1, -0.05) is 13.8 Å². The van der Waals surface area contributed by atoms with E-state index < -0.39 is 22.0 Å². The van der Waals surface area contributed by atoms with Crippen molar-refractivity contribution in [3.8, 4) is 5.75 Å². The Balaban J connectivity index is 3.23. The smallest absolute Gasteiger partial charge is 0.321 e. The average Bonchev–Trinajstić information content (AvgIpc) is 2.39. The third-order valence-electron chi connectivity index (χ3n) is 3.37. The van der Waals surface area contributed by atoms with Gasteiger partial charge in [-0.2, -0.15) is 4.72 Å². The van der Waals surface area contributed by atoms with Gasteiger partial charge in [-0.25, -0.2) is 8.42 Å². The summed E-state index contributed by atoms with van der Waals surface area (Å²) in [4.78, 5) is 11.2. The molecular formula is C15H23NO5S. The maximum atomic E-state index is 12.5. The highest BCUT2D eigenvalue weighted by atomic mass is 32.2. The highest BCUT2D eigenvalue weighted by Crippen LogP contribution is 2.27. The van der Waals surface area contributed by atoms with E-state index in [-0.39, 0.29) is 23.0 Å². The van der Waals surface area contributed by atoms with Gasteiger partial charge in [0.2, 0.25) is 10.0 Å². The van der Waals surface area contributed by atoms with Crippen LogP contribution in [0.3, 0.4) is 0 Å². The fourth-order valence-electron chi connectivity index (χ4n) is 2.05. The predicted molar refractivity (Wildman–Crippen MR) is 83.7 cm³/mol. The second kappa shape index (κ2) is 7.11. The van der Waals surface area contributed by atoms with Crippen molar-refractivity contribution in [1.82, 2.24) is 4.72 Å². The number of ether oxygens (including phenoxy) is 1. The van der Waals surface area contributed by atoms with Crippen LogP contribution in [0.15, 0.2) is 17.0 Å². The molecule has 0 aliphatic rings. The summed E-state index contributed by atoms with van der Waals surface area (Å²) in [6, 6.07) is 1.95. The van der Waals surface area contributed by atoms with Gasteiger partial charge < -0.3 is 9.84 Å². The molecule has 6 nitrogen and oxygen atoms in total. The van der Waals surface area contributed by atoms with Crippen LogP contribution in [0.4, 0.5) is 0 Å². The molecule has 0 aromatic heterocycles. The fraction of sp³-hybridized carbons (Fsp3) is 0.533. The van der Waals surface area contributed by atoms with E-state index >= 15 is 0 Å². The zero-order valence-corrected chi connectivity index (χ0v) is 14.3. The number of carboxylic acid groups (broad SMARTS) is 1. The molecule has 124 valence electrons. The second-order valence-electron chi connectivity index (χ2n) is 5.73. The molecule has 0 bridgehead atoms. The lowest BCUT2D eigenvalue weighted by Crippen LogP contribution is -2.41. The molecule has 0 radical (unpaired) electrons. The number of sulfonamides is 1. The van der Waals surface area contributed by atoms with Crippen molar-refractivity contribution in [2.24, 2.45) is 5.92 Å². The third kappa shape index (κ3) is 4.45. The predicted octanol–water partition coefficient (Wildman–Crippen LogP) is 2.09. The Kier molecular flexibility index (Phi) is 5.96. The number of benzene rings is 1. The minimum absolute atomic E-state index is 0.0467.